The molecule has 0 radical (unpaired) electrons. The largest absolute Gasteiger partial charge is 0.350 e. The first-order valence-electron chi connectivity index (χ1n) is 7.80. The van der Waals surface area contributed by atoms with Gasteiger partial charge in [0.05, 0.1) is 0 Å². The van der Waals surface area contributed by atoms with Gasteiger partial charge in [0.2, 0.25) is 0 Å². The summed E-state index contributed by atoms with van der Waals surface area (Å²) in [6.07, 6.45) is 2.44. The van der Waals surface area contributed by atoms with Crippen LogP contribution in [0.5, 0.6) is 0 Å². The summed E-state index contributed by atoms with van der Waals surface area (Å²) in [6.45, 7) is 4.41. The van der Waals surface area contributed by atoms with Gasteiger partial charge in [0.25, 0.3) is 5.91 Å². The average Bonchev–Trinajstić information content (AvgIpc) is 2.53. The van der Waals surface area contributed by atoms with E-state index in [0.717, 1.165) is 19.3 Å². The number of benzene rings is 1. The number of ether oxygens (including phenoxy) is 1. The van der Waals surface area contributed by atoms with Gasteiger partial charge in [-0.1, -0.05) is 0 Å². The molecule has 3 N–H and O–H groups in total. The summed E-state index contributed by atoms with van der Waals surface area (Å²) >= 11 is 0. The third-order valence-corrected chi connectivity index (χ3v) is 3.25. The number of rotatable bonds is 5. The average molecular weight is 321 g/mol. The van der Waals surface area contributed by atoms with Gasteiger partial charge in [-0.2, -0.15) is 0 Å². The molecule has 1 atom stereocenters. The summed E-state index contributed by atoms with van der Waals surface area (Å²) in [5.41, 5.74) is 3.44. The van der Waals surface area contributed by atoms with Crippen molar-refractivity contribution in [3.8, 4) is 0 Å². The monoisotopic (exact) mass is 321 g/mol. The van der Waals surface area contributed by atoms with Crippen molar-refractivity contribution in [2.45, 2.75) is 45.4 Å². The van der Waals surface area contributed by atoms with Crippen LogP contribution in [0.2, 0.25) is 0 Å². The van der Waals surface area contributed by atoms with Crippen molar-refractivity contribution in [2.75, 3.05) is 11.9 Å². The van der Waals surface area contributed by atoms with E-state index in [-0.39, 0.29) is 24.3 Å². The summed E-state index contributed by atoms with van der Waals surface area (Å²) in [6, 6.07) is 6.32. The Morgan fingerprint density at radius 2 is 1.96 bits per heavy atom. The Kier molecular flexibility index (Phi) is 6.37. The lowest BCUT2D eigenvalue weighted by atomic mass is 10.2. The van der Waals surface area contributed by atoms with Crippen LogP contribution in [0, 0.1) is 0 Å². The second kappa shape index (κ2) is 8.50. The smallest absolute Gasteiger partial charge is 0.319 e. The normalized spacial score (nSPS) is 17.6. The Labute approximate surface area is 135 Å². The Morgan fingerprint density at radius 3 is 2.57 bits per heavy atom. The van der Waals surface area contributed by atoms with Crippen molar-refractivity contribution in [2.24, 2.45) is 0 Å². The number of hydrogen-bond acceptors (Lipinski definition) is 4. The van der Waals surface area contributed by atoms with Crippen molar-refractivity contribution < 1.29 is 19.2 Å². The number of amides is 3. The van der Waals surface area contributed by atoms with E-state index in [4.69, 9.17) is 9.57 Å². The lowest BCUT2D eigenvalue weighted by Crippen LogP contribution is -2.34. The standard InChI is InChI=1S/C16H23N3O4/c1-11(2)17-16(21)18-13-8-6-12(7-9-13)15(20)19-23-14-5-3-4-10-22-14/h6-9,11,14H,3-5,10H2,1-2H3,(H,19,20)(H2,17,18,21)/t14-/m1/s1. The number of urea groups is 1. The molecule has 1 saturated heterocycles. The van der Waals surface area contributed by atoms with E-state index in [1.165, 1.54) is 0 Å². The Bertz CT molecular complexity index is 525. The van der Waals surface area contributed by atoms with E-state index < -0.39 is 0 Å². The lowest BCUT2D eigenvalue weighted by Gasteiger charge is -2.22. The maximum absolute atomic E-state index is 12.0. The van der Waals surface area contributed by atoms with Crippen LogP contribution in [0.15, 0.2) is 24.3 Å². The van der Waals surface area contributed by atoms with Gasteiger partial charge in [-0.15, -0.1) is 0 Å². The molecule has 7 heteroatoms. The van der Waals surface area contributed by atoms with Crippen LogP contribution < -0.4 is 16.1 Å². The lowest BCUT2D eigenvalue weighted by molar-refractivity contribution is -0.186. The summed E-state index contributed by atoms with van der Waals surface area (Å²) in [5.74, 6) is -0.350. The van der Waals surface area contributed by atoms with Crippen LogP contribution in [-0.4, -0.2) is 30.9 Å². The Balaban J connectivity index is 1.81. The highest BCUT2D eigenvalue weighted by molar-refractivity contribution is 5.95. The van der Waals surface area contributed by atoms with Crippen LogP contribution in [0.25, 0.3) is 0 Å². The number of hydrogen-bond donors (Lipinski definition) is 3. The molecule has 0 aromatic heterocycles. The molecular formula is C16H23N3O4. The van der Waals surface area contributed by atoms with Gasteiger partial charge in [-0.25, -0.2) is 15.1 Å². The molecule has 126 valence electrons. The fourth-order valence-electron chi connectivity index (χ4n) is 2.12. The van der Waals surface area contributed by atoms with E-state index in [9.17, 15) is 9.59 Å². The van der Waals surface area contributed by atoms with Crippen LogP contribution in [-0.2, 0) is 9.57 Å². The minimum Gasteiger partial charge on any atom is -0.350 e. The zero-order valence-electron chi connectivity index (χ0n) is 13.4. The predicted octanol–water partition coefficient (Wildman–Crippen LogP) is 2.40. The molecule has 0 aliphatic carbocycles. The van der Waals surface area contributed by atoms with E-state index in [0.29, 0.717) is 17.9 Å². The summed E-state index contributed by atoms with van der Waals surface area (Å²) in [5, 5.41) is 5.41. The van der Waals surface area contributed by atoms with Gasteiger partial charge < -0.3 is 15.4 Å². The van der Waals surface area contributed by atoms with Crippen molar-refractivity contribution >= 4 is 17.6 Å². The minimum absolute atomic E-state index is 0.0548. The molecule has 1 aromatic carbocycles. The zero-order valence-corrected chi connectivity index (χ0v) is 13.4. The molecular weight excluding hydrogens is 298 g/mol. The molecule has 0 bridgehead atoms. The Morgan fingerprint density at radius 1 is 1.22 bits per heavy atom. The summed E-state index contributed by atoms with van der Waals surface area (Å²) in [4.78, 5) is 28.8. The van der Waals surface area contributed by atoms with Gasteiger partial charge in [-0.3, -0.25) is 4.79 Å². The molecule has 0 spiro atoms. The van der Waals surface area contributed by atoms with Gasteiger partial charge in [-0.05, 0) is 51.0 Å². The maximum atomic E-state index is 12.0. The quantitative estimate of drug-likeness (QED) is 0.727. The number of carbonyl (C=O) groups is 2. The fraction of sp³-hybridized carbons (Fsp3) is 0.500. The Hall–Kier alpha value is -2.12. The molecule has 0 unspecified atom stereocenters. The molecule has 2 rings (SSSR count). The highest BCUT2D eigenvalue weighted by Gasteiger charge is 2.16. The van der Waals surface area contributed by atoms with Crippen molar-refractivity contribution in [3.05, 3.63) is 29.8 Å². The maximum Gasteiger partial charge on any atom is 0.319 e. The molecule has 3 amide bonds. The predicted molar refractivity (Wildman–Crippen MR) is 85.9 cm³/mol. The molecule has 0 saturated carbocycles. The van der Waals surface area contributed by atoms with Crippen molar-refractivity contribution in [3.63, 3.8) is 0 Å². The molecule has 1 aromatic rings. The zero-order chi connectivity index (χ0) is 16.7. The molecule has 23 heavy (non-hydrogen) atoms. The fourth-order valence-corrected chi connectivity index (χ4v) is 2.12. The summed E-state index contributed by atoms with van der Waals surface area (Å²) < 4.78 is 5.37. The first-order valence-corrected chi connectivity index (χ1v) is 7.80. The highest BCUT2D eigenvalue weighted by atomic mass is 16.8. The first kappa shape index (κ1) is 17.2. The summed E-state index contributed by atoms with van der Waals surface area (Å²) in [7, 11) is 0. The molecule has 1 fully saturated rings. The molecule has 1 heterocycles. The van der Waals surface area contributed by atoms with Crippen molar-refractivity contribution in [1.82, 2.24) is 10.8 Å². The highest BCUT2D eigenvalue weighted by Crippen LogP contribution is 2.13. The number of carbonyl (C=O) groups excluding carboxylic acids is 2. The van der Waals surface area contributed by atoms with Crippen LogP contribution >= 0.6 is 0 Å². The SMILES string of the molecule is CC(C)NC(=O)Nc1ccc(C(=O)NO[C@@H]2CCCCO2)cc1. The first-order chi connectivity index (χ1) is 11.0. The second-order valence-electron chi connectivity index (χ2n) is 5.68. The van der Waals surface area contributed by atoms with E-state index >= 15 is 0 Å². The number of hydroxylamine groups is 1. The molecule has 1 aliphatic rings. The molecule has 7 nitrogen and oxygen atoms in total. The second-order valence-corrected chi connectivity index (χ2v) is 5.68. The van der Waals surface area contributed by atoms with Crippen LogP contribution in [0.4, 0.5) is 10.5 Å². The van der Waals surface area contributed by atoms with E-state index in [1.54, 1.807) is 24.3 Å². The third kappa shape index (κ3) is 5.88. The van der Waals surface area contributed by atoms with Gasteiger partial charge in [0, 0.05) is 30.3 Å². The molecule has 1 aliphatic heterocycles. The van der Waals surface area contributed by atoms with E-state index in [2.05, 4.69) is 16.1 Å². The van der Waals surface area contributed by atoms with Gasteiger partial charge in [0.15, 0.2) is 6.29 Å². The third-order valence-electron chi connectivity index (χ3n) is 3.25. The van der Waals surface area contributed by atoms with Crippen LogP contribution in [0.1, 0.15) is 43.5 Å². The van der Waals surface area contributed by atoms with Crippen LogP contribution in [0.3, 0.4) is 0 Å². The van der Waals surface area contributed by atoms with Gasteiger partial charge >= 0.3 is 6.03 Å². The minimum atomic E-state index is -0.381. The van der Waals surface area contributed by atoms with Crippen molar-refractivity contribution in [1.29, 1.82) is 0 Å². The number of nitrogens with one attached hydrogen (secondary N) is 3. The topological polar surface area (TPSA) is 88.7 Å². The number of anilines is 1. The van der Waals surface area contributed by atoms with Gasteiger partial charge in [0.1, 0.15) is 0 Å². The van der Waals surface area contributed by atoms with E-state index in [1.807, 2.05) is 13.8 Å².